The number of carbonyl (C=O) groups is 1. The molecule has 0 spiro atoms. The number of hydrogen-bond acceptors (Lipinski definition) is 3. The first-order valence-electron chi connectivity index (χ1n) is 4.19. The number of imidazole rings is 1. The number of nitrogens with one attached hydrogen (secondary N) is 1. The van der Waals surface area contributed by atoms with Gasteiger partial charge < -0.3 is 9.40 Å². The summed E-state index contributed by atoms with van der Waals surface area (Å²) in [5.74, 6) is -1.61. The van der Waals surface area contributed by atoms with Crippen molar-refractivity contribution >= 4 is 5.78 Å². The largest absolute Gasteiger partial charge is 0.461 e. The molecule has 2 aromatic heterocycles. The third-order valence-corrected chi connectivity index (χ3v) is 1.83. The highest BCUT2D eigenvalue weighted by molar-refractivity contribution is 5.98. The first kappa shape index (κ1) is 10.5. The van der Waals surface area contributed by atoms with Gasteiger partial charge in [-0.05, 0) is 12.1 Å². The van der Waals surface area contributed by atoms with E-state index in [4.69, 9.17) is 4.42 Å². The fourth-order valence-corrected chi connectivity index (χ4v) is 1.13. The van der Waals surface area contributed by atoms with E-state index < -0.39 is 17.7 Å². The summed E-state index contributed by atoms with van der Waals surface area (Å²) in [6.07, 6.45) is -2.73. The van der Waals surface area contributed by atoms with Crippen molar-refractivity contribution in [1.29, 1.82) is 0 Å². The molecule has 84 valence electrons. The van der Waals surface area contributed by atoms with Crippen LogP contribution in [0.15, 0.2) is 29.0 Å². The number of furan rings is 1. The number of aromatic amines is 1. The average molecular weight is 230 g/mol. The molecule has 1 N–H and O–H groups in total. The molecule has 0 aliphatic rings. The van der Waals surface area contributed by atoms with Crippen molar-refractivity contribution in [3.8, 4) is 11.6 Å². The molecule has 16 heavy (non-hydrogen) atoms. The van der Waals surface area contributed by atoms with E-state index in [-0.39, 0.29) is 11.6 Å². The Morgan fingerprint density at radius 3 is 2.75 bits per heavy atom. The molecule has 0 unspecified atom stereocenters. The van der Waals surface area contributed by atoms with Crippen LogP contribution in [-0.2, 0) is 0 Å². The summed E-state index contributed by atoms with van der Waals surface area (Å²) in [5, 5.41) is 0. The quantitative estimate of drug-likeness (QED) is 0.806. The molecule has 4 nitrogen and oxygen atoms in total. The molecule has 7 heteroatoms. The molecule has 0 atom stereocenters. The van der Waals surface area contributed by atoms with E-state index in [0.717, 1.165) is 6.20 Å². The lowest BCUT2D eigenvalue weighted by molar-refractivity contribution is -0.0888. The van der Waals surface area contributed by atoms with Crippen molar-refractivity contribution in [2.45, 2.75) is 6.18 Å². The van der Waals surface area contributed by atoms with E-state index in [9.17, 15) is 18.0 Å². The van der Waals surface area contributed by atoms with Gasteiger partial charge in [0.05, 0.1) is 12.5 Å². The zero-order valence-electron chi connectivity index (χ0n) is 7.71. The molecule has 0 amide bonds. The van der Waals surface area contributed by atoms with Gasteiger partial charge in [0.15, 0.2) is 11.6 Å². The number of rotatable bonds is 2. The van der Waals surface area contributed by atoms with E-state index in [0.29, 0.717) is 0 Å². The van der Waals surface area contributed by atoms with Gasteiger partial charge in [0.1, 0.15) is 5.69 Å². The monoisotopic (exact) mass is 230 g/mol. The van der Waals surface area contributed by atoms with Crippen LogP contribution in [0.5, 0.6) is 0 Å². The highest BCUT2D eigenvalue weighted by atomic mass is 19.4. The summed E-state index contributed by atoms with van der Waals surface area (Å²) >= 11 is 0. The predicted octanol–water partition coefficient (Wildman–Crippen LogP) is 2.41. The first-order chi connectivity index (χ1) is 7.48. The summed E-state index contributed by atoms with van der Waals surface area (Å²) in [6.45, 7) is 0. The summed E-state index contributed by atoms with van der Waals surface area (Å²) in [7, 11) is 0. The first-order valence-corrected chi connectivity index (χ1v) is 4.19. The number of alkyl halides is 3. The number of carbonyl (C=O) groups excluding carboxylic acids is 1. The number of nitrogens with zero attached hydrogens (tertiary/aromatic N) is 1. The Hall–Kier alpha value is -2.05. The van der Waals surface area contributed by atoms with Crippen LogP contribution in [0.3, 0.4) is 0 Å². The second-order valence-electron chi connectivity index (χ2n) is 2.95. The van der Waals surface area contributed by atoms with Crippen LogP contribution in [0.4, 0.5) is 13.2 Å². The van der Waals surface area contributed by atoms with Crippen molar-refractivity contribution in [2.24, 2.45) is 0 Å². The molecule has 0 saturated heterocycles. The molecule has 0 bridgehead atoms. The zero-order chi connectivity index (χ0) is 11.8. The third-order valence-electron chi connectivity index (χ3n) is 1.83. The number of halogens is 3. The van der Waals surface area contributed by atoms with Crippen LogP contribution in [0, 0.1) is 0 Å². The van der Waals surface area contributed by atoms with Crippen LogP contribution >= 0.6 is 0 Å². The number of aromatic nitrogens is 2. The molecule has 0 radical (unpaired) electrons. The standard InChI is InChI=1S/C9H5F3N2O2/c10-9(11,12)7(15)5-4-13-8(14-5)6-2-1-3-16-6/h1-4H,(H,13,14). The van der Waals surface area contributed by atoms with Gasteiger partial charge >= 0.3 is 6.18 Å². The van der Waals surface area contributed by atoms with Gasteiger partial charge in [0.25, 0.3) is 5.78 Å². The van der Waals surface area contributed by atoms with Gasteiger partial charge in [0.2, 0.25) is 0 Å². The van der Waals surface area contributed by atoms with E-state index in [1.165, 1.54) is 12.3 Å². The smallest absolute Gasteiger partial charge is 0.456 e. The molecule has 0 fully saturated rings. The van der Waals surface area contributed by atoms with Crippen molar-refractivity contribution < 1.29 is 22.4 Å². The van der Waals surface area contributed by atoms with Crippen LogP contribution < -0.4 is 0 Å². The van der Waals surface area contributed by atoms with Gasteiger partial charge in [0, 0.05) is 0 Å². The second kappa shape index (κ2) is 3.51. The lowest BCUT2D eigenvalue weighted by Crippen LogP contribution is -2.22. The minimum Gasteiger partial charge on any atom is -0.461 e. The normalized spacial score (nSPS) is 11.7. The third kappa shape index (κ3) is 1.83. The average Bonchev–Trinajstić information content (AvgIpc) is 2.85. The van der Waals surface area contributed by atoms with Crippen LogP contribution in [0.2, 0.25) is 0 Å². The van der Waals surface area contributed by atoms with Crippen molar-refractivity contribution in [1.82, 2.24) is 9.97 Å². The Morgan fingerprint density at radius 2 is 2.19 bits per heavy atom. The van der Waals surface area contributed by atoms with Crippen LogP contribution in [0.1, 0.15) is 10.5 Å². The maximum absolute atomic E-state index is 12.1. The van der Waals surface area contributed by atoms with Gasteiger partial charge in [-0.15, -0.1) is 0 Å². The Kier molecular flexibility index (Phi) is 2.30. The van der Waals surface area contributed by atoms with Gasteiger partial charge in [-0.25, -0.2) is 4.98 Å². The fraction of sp³-hybridized carbons (Fsp3) is 0.111. The number of Topliss-reactive ketones (excluding diaryl/α,β-unsaturated/α-hetero) is 1. The molecule has 2 aromatic rings. The Balaban J connectivity index is 2.31. The molecule has 0 saturated carbocycles. The predicted molar refractivity (Wildman–Crippen MR) is 46.7 cm³/mol. The molecule has 0 aliphatic carbocycles. The van der Waals surface area contributed by atoms with Crippen LogP contribution in [0.25, 0.3) is 11.6 Å². The fourth-order valence-electron chi connectivity index (χ4n) is 1.13. The molecule has 0 aliphatic heterocycles. The molecule has 2 heterocycles. The SMILES string of the molecule is O=C(c1cnc(-c2ccco2)[nH]1)C(F)(F)F. The summed E-state index contributed by atoms with van der Waals surface area (Å²) < 4.78 is 41.1. The van der Waals surface area contributed by atoms with Gasteiger partial charge in [-0.1, -0.05) is 0 Å². The highest BCUT2D eigenvalue weighted by Crippen LogP contribution is 2.22. The minimum atomic E-state index is -4.91. The zero-order valence-corrected chi connectivity index (χ0v) is 7.71. The second-order valence-corrected chi connectivity index (χ2v) is 2.95. The summed E-state index contributed by atoms with van der Waals surface area (Å²) in [4.78, 5) is 16.7. The Morgan fingerprint density at radius 1 is 1.44 bits per heavy atom. The highest BCUT2D eigenvalue weighted by Gasteiger charge is 2.40. The molecule has 2 rings (SSSR count). The van der Waals surface area contributed by atoms with Crippen LogP contribution in [-0.4, -0.2) is 21.9 Å². The maximum Gasteiger partial charge on any atom is 0.456 e. The number of hydrogen-bond donors (Lipinski definition) is 1. The number of ketones is 1. The summed E-state index contributed by atoms with van der Waals surface area (Å²) in [6, 6.07) is 3.07. The maximum atomic E-state index is 12.1. The Labute approximate surface area is 87.1 Å². The van der Waals surface area contributed by atoms with Crippen molar-refractivity contribution in [3.05, 3.63) is 30.3 Å². The lowest BCUT2D eigenvalue weighted by Gasteiger charge is -2.01. The summed E-state index contributed by atoms with van der Waals surface area (Å²) in [5.41, 5.74) is -0.612. The van der Waals surface area contributed by atoms with E-state index in [1.807, 2.05) is 0 Å². The van der Waals surface area contributed by atoms with E-state index in [2.05, 4.69) is 9.97 Å². The van der Waals surface area contributed by atoms with E-state index >= 15 is 0 Å². The molecule has 0 aromatic carbocycles. The van der Waals surface area contributed by atoms with Gasteiger partial charge in [-0.3, -0.25) is 4.79 Å². The molecular weight excluding hydrogens is 225 g/mol. The van der Waals surface area contributed by atoms with Crippen molar-refractivity contribution in [2.75, 3.05) is 0 Å². The minimum absolute atomic E-state index is 0.0811. The van der Waals surface area contributed by atoms with Crippen molar-refractivity contribution in [3.63, 3.8) is 0 Å². The lowest BCUT2D eigenvalue weighted by atomic mass is 10.3. The van der Waals surface area contributed by atoms with Gasteiger partial charge in [-0.2, -0.15) is 13.2 Å². The topological polar surface area (TPSA) is 58.9 Å². The number of H-pyrrole nitrogens is 1. The Bertz CT molecular complexity index is 499. The van der Waals surface area contributed by atoms with E-state index in [1.54, 1.807) is 6.07 Å². The molecular formula is C9H5F3N2O2.